The summed E-state index contributed by atoms with van der Waals surface area (Å²) in [4.78, 5) is 10.1. The van der Waals surface area contributed by atoms with E-state index >= 15 is 0 Å². The van der Waals surface area contributed by atoms with E-state index < -0.39 is 16.2 Å². The summed E-state index contributed by atoms with van der Waals surface area (Å²) in [5, 5.41) is 0.770. The van der Waals surface area contributed by atoms with E-state index in [2.05, 4.69) is 4.18 Å². The fourth-order valence-corrected chi connectivity index (χ4v) is 1.65. The van der Waals surface area contributed by atoms with Crippen molar-refractivity contribution in [3.05, 3.63) is 11.0 Å². The van der Waals surface area contributed by atoms with Gasteiger partial charge in [0.05, 0.1) is 11.5 Å². The highest BCUT2D eigenvalue weighted by Gasteiger charge is 2.12. The molecule has 0 aromatic rings. The molecule has 0 bridgehead atoms. The van der Waals surface area contributed by atoms with Crippen LogP contribution in [0.5, 0.6) is 0 Å². The fourth-order valence-electron chi connectivity index (χ4n) is 0.551. The molecule has 1 unspecified atom stereocenters. The van der Waals surface area contributed by atoms with Crippen LogP contribution >= 0.6 is 0 Å². The largest absolute Gasteiger partial charge is 0.328 e. The lowest BCUT2D eigenvalue weighted by Crippen LogP contribution is -2.22. The maximum Gasteiger partial charge on any atom is 0.290 e. The van der Waals surface area contributed by atoms with Crippen molar-refractivity contribution in [2.75, 3.05) is 6.54 Å². The third-order valence-electron chi connectivity index (χ3n) is 1.15. The van der Waals surface area contributed by atoms with Crippen molar-refractivity contribution in [1.29, 1.82) is 0 Å². The highest BCUT2D eigenvalue weighted by Crippen LogP contribution is 2.03. The molecular weight excluding hydrogens is 194 g/mol. The van der Waals surface area contributed by atoms with Gasteiger partial charge in [-0.05, 0) is 13.8 Å². The number of allylic oxidation sites excluding steroid dienone is 1. The van der Waals surface area contributed by atoms with Gasteiger partial charge in [0.15, 0.2) is 0 Å². The number of nitrogens with two attached hydrogens (primary N) is 1. The van der Waals surface area contributed by atoms with Gasteiger partial charge in [-0.1, -0.05) is 0 Å². The molecule has 76 valence electrons. The Bertz CT molecular complexity index is 294. The molecule has 6 heteroatoms. The van der Waals surface area contributed by atoms with Gasteiger partial charge in [-0.2, -0.15) is 8.42 Å². The van der Waals surface area contributed by atoms with Gasteiger partial charge in [0, 0.05) is 12.1 Å². The summed E-state index contributed by atoms with van der Waals surface area (Å²) in [7, 11) is -3.78. The molecule has 0 saturated heterocycles. The Morgan fingerprint density at radius 3 is 2.54 bits per heavy atom. The van der Waals surface area contributed by atoms with Crippen molar-refractivity contribution in [2.45, 2.75) is 20.0 Å². The van der Waals surface area contributed by atoms with Crippen molar-refractivity contribution >= 4 is 16.4 Å². The van der Waals surface area contributed by atoms with Gasteiger partial charge < -0.3 is 5.73 Å². The predicted octanol–water partition coefficient (Wildman–Crippen LogP) is -0.217. The maximum atomic E-state index is 11.1. The summed E-state index contributed by atoms with van der Waals surface area (Å²) in [6.45, 7) is 3.01. The molecule has 1 atom stereocenters. The van der Waals surface area contributed by atoms with E-state index in [1.54, 1.807) is 0 Å². The van der Waals surface area contributed by atoms with Gasteiger partial charge >= 0.3 is 0 Å². The third-order valence-corrected chi connectivity index (χ3v) is 2.40. The number of carbonyl (C=O) groups is 1. The van der Waals surface area contributed by atoms with Crippen LogP contribution in [0.15, 0.2) is 11.0 Å². The molecule has 0 amide bonds. The maximum absolute atomic E-state index is 11.1. The Hall–Kier alpha value is -0.720. The van der Waals surface area contributed by atoms with Gasteiger partial charge in [-0.15, -0.1) is 0 Å². The second-order valence-electron chi connectivity index (χ2n) is 2.62. The zero-order chi connectivity index (χ0) is 10.5. The average molecular weight is 207 g/mol. The lowest BCUT2D eigenvalue weighted by atomic mass is 10.4. The van der Waals surface area contributed by atoms with Crippen molar-refractivity contribution in [2.24, 2.45) is 5.73 Å². The van der Waals surface area contributed by atoms with Gasteiger partial charge in [-0.25, -0.2) is 0 Å². The molecule has 0 aromatic heterocycles. The number of carbonyl (C=O) groups excluding carboxylic acids is 1. The molecule has 0 aromatic carbocycles. The van der Waals surface area contributed by atoms with Crippen LogP contribution in [-0.4, -0.2) is 27.4 Å². The molecule has 0 saturated carbocycles. The van der Waals surface area contributed by atoms with Crippen LogP contribution in [0.4, 0.5) is 0 Å². The van der Waals surface area contributed by atoms with Crippen molar-refractivity contribution in [3.63, 3.8) is 0 Å². The van der Waals surface area contributed by atoms with Crippen LogP contribution in [0, 0.1) is 0 Å². The molecule has 5 nitrogen and oxygen atoms in total. The van der Waals surface area contributed by atoms with Gasteiger partial charge in [0.2, 0.25) is 0 Å². The Balaban J connectivity index is 4.51. The van der Waals surface area contributed by atoms with Crippen LogP contribution in [0.2, 0.25) is 0 Å². The minimum Gasteiger partial charge on any atom is -0.328 e. The normalized spacial score (nSPS) is 15.5. The van der Waals surface area contributed by atoms with E-state index in [1.165, 1.54) is 13.8 Å². The third kappa shape index (κ3) is 5.51. The highest BCUT2D eigenvalue weighted by atomic mass is 32.2. The molecule has 0 radical (unpaired) electrons. The quantitative estimate of drug-likeness (QED) is 0.382. The van der Waals surface area contributed by atoms with Crippen LogP contribution in [0.3, 0.4) is 0 Å². The number of hydrogen-bond donors (Lipinski definition) is 1. The van der Waals surface area contributed by atoms with Crippen molar-refractivity contribution in [3.8, 4) is 0 Å². The van der Waals surface area contributed by atoms with E-state index in [1.807, 2.05) is 0 Å². The Morgan fingerprint density at radius 1 is 1.62 bits per heavy atom. The zero-order valence-corrected chi connectivity index (χ0v) is 8.37. The van der Waals surface area contributed by atoms with E-state index in [4.69, 9.17) is 5.73 Å². The summed E-state index contributed by atoms with van der Waals surface area (Å²) in [6, 6.07) is 0. The molecule has 0 rings (SSSR count). The average Bonchev–Trinajstić information content (AvgIpc) is 2.02. The summed E-state index contributed by atoms with van der Waals surface area (Å²) < 4.78 is 26.7. The smallest absolute Gasteiger partial charge is 0.290 e. The second-order valence-corrected chi connectivity index (χ2v) is 4.03. The lowest BCUT2D eigenvalue weighted by Gasteiger charge is -2.07. The molecule has 13 heavy (non-hydrogen) atoms. The van der Waals surface area contributed by atoms with E-state index in [0.29, 0.717) is 6.29 Å². The Morgan fingerprint density at radius 2 is 2.15 bits per heavy atom. The van der Waals surface area contributed by atoms with Crippen LogP contribution in [-0.2, 0) is 19.1 Å². The molecule has 0 fully saturated rings. The number of rotatable bonds is 5. The number of hydrogen-bond acceptors (Lipinski definition) is 5. The minimum atomic E-state index is -3.78. The second kappa shape index (κ2) is 5.11. The van der Waals surface area contributed by atoms with Crippen molar-refractivity contribution < 1.29 is 17.4 Å². The van der Waals surface area contributed by atoms with E-state index in [-0.39, 0.29) is 12.1 Å². The highest BCUT2D eigenvalue weighted by molar-refractivity contribution is 7.89. The van der Waals surface area contributed by atoms with Gasteiger partial charge in [0.25, 0.3) is 10.1 Å². The monoisotopic (exact) mass is 207 g/mol. The summed E-state index contributed by atoms with van der Waals surface area (Å²) >= 11 is 0. The molecule has 0 aliphatic rings. The standard InChI is InChI=1S/C7H13NO4S/c1-6(4-9)5-13(10,11)12-7(2)3-8/h4-5,7H,3,8H2,1-2H3. The molecular formula is C7H13NO4S. The first-order valence-corrected chi connectivity index (χ1v) is 5.15. The zero-order valence-electron chi connectivity index (χ0n) is 7.56. The minimum absolute atomic E-state index is 0.0872. The predicted molar refractivity (Wildman–Crippen MR) is 48.3 cm³/mol. The Kier molecular flexibility index (Phi) is 4.82. The molecule has 0 heterocycles. The topological polar surface area (TPSA) is 86.5 Å². The first-order valence-electron chi connectivity index (χ1n) is 3.68. The fraction of sp³-hybridized carbons (Fsp3) is 0.571. The van der Waals surface area contributed by atoms with Crippen LogP contribution < -0.4 is 5.73 Å². The first kappa shape index (κ1) is 12.3. The lowest BCUT2D eigenvalue weighted by molar-refractivity contribution is -0.104. The Labute approximate surface area is 77.7 Å². The summed E-state index contributed by atoms with van der Waals surface area (Å²) in [6.07, 6.45) is -0.144. The summed E-state index contributed by atoms with van der Waals surface area (Å²) in [5.41, 5.74) is 5.25. The van der Waals surface area contributed by atoms with Gasteiger partial charge in [0.1, 0.15) is 6.29 Å². The summed E-state index contributed by atoms with van der Waals surface area (Å²) in [5.74, 6) is 0. The molecule has 0 aliphatic heterocycles. The van der Waals surface area contributed by atoms with Crippen molar-refractivity contribution in [1.82, 2.24) is 0 Å². The first-order chi connectivity index (χ1) is 5.91. The van der Waals surface area contributed by atoms with E-state index in [9.17, 15) is 13.2 Å². The van der Waals surface area contributed by atoms with Crippen LogP contribution in [0.25, 0.3) is 0 Å². The van der Waals surface area contributed by atoms with Crippen LogP contribution in [0.1, 0.15) is 13.8 Å². The molecule has 0 aliphatic carbocycles. The van der Waals surface area contributed by atoms with Gasteiger partial charge in [-0.3, -0.25) is 8.98 Å². The SMILES string of the molecule is CC(C=O)=CS(=O)(=O)OC(C)CN. The number of aldehydes is 1. The molecule has 2 N–H and O–H groups in total. The molecule has 0 spiro atoms. The van der Waals surface area contributed by atoms with E-state index in [0.717, 1.165) is 5.41 Å².